The van der Waals surface area contributed by atoms with E-state index in [0.717, 1.165) is 5.56 Å². The third-order valence-corrected chi connectivity index (χ3v) is 2.80. The van der Waals surface area contributed by atoms with E-state index in [1.54, 1.807) is 6.07 Å². The van der Waals surface area contributed by atoms with Crippen molar-refractivity contribution in [1.29, 1.82) is 0 Å². The highest BCUT2D eigenvalue weighted by Gasteiger charge is 2.29. The van der Waals surface area contributed by atoms with Crippen molar-refractivity contribution >= 4 is 21.6 Å². The van der Waals surface area contributed by atoms with E-state index in [2.05, 4.69) is 26.0 Å². The first kappa shape index (κ1) is 14.1. The molecule has 4 nitrogen and oxygen atoms in total. The molecule has 2 heterocycles. The molecule has 8 heteroatoms. The number of hydrogen-bond acceptors (Lipinski definition) is 3. The molecule has 2 rings (SSSR count). The summed E-state index contributed by atoms with van der Waals surface area (Å²) in [6.45, 7) is 2.57. The monoisotopic (exact) mass is 337 g/mol. The largest absolute Gasteiger partial charge is 0.468 e. The summed E-state index contributed by atoms with van der Waals surface area (Å²) in [5, 5.41) is 3.99. The normalized spacial score (nSPS) is 12.4. The van der Waals surface area contributed by atoms with E-state index in [-0.39, 0.29) is 11.8 Å². The number of fused-ring (bicyclic) bond motifs is 1. The Morgan fingerprint density at radius 1 is 1.37 bits per heavy atom. The molecular weight excluding hydrogens is 327 g/mol. The van der Waals surface area contributed by atoms with Crippen LogP contribution >= 0.6 is 15.9 Å². The summed E-state index contributed by atoms with van der Waals surface area (Å²) >= 11 is 3.11. The maximum absolute atomic E-state index is 12.2. The van der Waals surface area contributed by atoms with E-state index in [4.69, 9.17) is 4.74 Å². The smallest absolute Gasteiger partial charge is 0.422 e. The lowest BCUT2D eigenvalue weighted by Crippen LogP contribution is -2.20. The molecule has 0 radical (unpaired) electrons. The first-order valence-electron chi connectivity index (χ1n) is 5.52. The van der Waals surface area contributed by atoms with Crippen molar-refractivity contribution in [3.63, 3.8) is 0 Å². The summed E-state index contributed by atoms with van der Waals surface area (Å²) in [5.41, 5.74) is 1.37. The van der Waals surface area contributed by atoms with Crippen molar-refractivity contribution < 1.29 is 17.9 Å². The van der Waals surface area contributed by atoms with Crippen LogP contribution in [0.15, 0.2) is 16.9 Å². The van der Waals surface area contributed by atoms with Gasteiger partial charge in [-0.2, -0.15) is 17.7 Å². The van der Waals surface area contributed by atoms with Gasteiger partial charge in [0.1, 0.15) is 0 Å². The van der Waals surface area contributed by atoms with Gasteiger partial charge in [-0.1, -0.05) is 13.8 Å². The predicted octanol–water partition coefficient (Wildman–Crippen LogP) is 3.56. The molecule has 0 spiro atoms. The zero-order chi connectivity index (χ0) is 14.2. The quantitative estimate of drug-likeness (QED) is 0.859. The van der Waals surface area contributed by atoms with E-state index in [0.29, 0.717) is 10.4 Å². The number of alkyl halides is 3. The third-order valence-electron chi connectivity index (χ3n) is 2.46. The van der Waals surface area contributed by atoms with Gasteiger partial charge in [0.2, 0.25) is 10.6 Å². The van der Waals surface area contributed by atoms with E-state index in [1.807, 2.05) is 13.8 Å². The second kappa shape index (κ2) is 4.99. The second-order valence-corrected chi connectivity index (χ2v) is 5.01. The second-order valence-electron chi connectivity index (χ2n) is 4.30. The molecule has 0 aliphatic carbocycles. The highest BCUT2D eigenvalue weighted by atomic mass is 79.9. The first-order chi connectivity index (χ1) is 8.78. The Kier molecular flexibility index (Phi) is 3.71. The molecule has 2 aromatic heterocycles. The first-order valence-corrected chi connectivity index (χ1v) is 6.32. The average Bonchev–Trinajstić information content (AvgIpc) is 2.65. The van der Waals surface area contributed by atoms with Crippen molar-refractivity contribution in [2.45, 2.75) is 25.9 Å². The van der Waals surface area contributed by atoms with Gasteiger partial charge in [0, 0.05) is 6.07 Å². The van der Waals surface area contributed by atoms with E-state index in [9.17, 15) is 13.2 Å². The molecule has 0 aliphatic rings. The van der Waals surface area contributed by atoms with E-state index in [1.165, 1.54) is 10.6 Å². The Morgan fingerprint density at radius 2 is 2.05 bits per heavy atom. The summed E-state index contributed by atoms with van der Waals surface area (Å²) < 4.78 is 42.8. The highest BCUT2D eigenvalue weighted by Crippen LogP contribution is 2.26. The maximum atomic E-state index is 12.2. The summed E-state index contributed by atoms with van der Waals surface area (Å²) in [6.07, 6.45) is -4.39. The zero-order valence-corrected chi connectivity index (χ0v) is 11.8. The minimum Gasteiger partial charge on any atom is -0.468 e. The molecule has 0 bridgehead atoms. The molecule has 0 N–H and O–H groups in total. The minimum absolute atomic E-state index is 0.00919. The average molecular weight is 338 g/mol. The van der Waals surface area contributed by atoms with Gasteiger partial charge < -0.3 is 4.74 Å². The van der Waals surface area contributed by atoms with E-state index < -0.39 is 12.8 Å². The zero-order valence-electron chi connectivity index (χ0n) is 10.2. The fraction of sp³-hybridized carbons (Fsp3) is 0.455. The number of rotatable bonds is 3. The van der Waals surface area contributed by atoms with Crippen molar-refractivity contribution in [3.05, 3.63) is 22.4 Å². The standard InChI is InChI=1S/C11H11BrF3N3O/c1-6(2)7-3-4-8(19-5-11(13,14)15)18-9(7)16-10(12)17-18/h3-4,6H,5H2,1-2H3. The van der Waals surface area contributed by atoms with Crippen molar-refractivity contribution in [2.75, 3.05) is 6.61 Å². The summed E-state index contributed by atoms with van der Waals surface area (Å²) in [6, 6.07) is 3.17. The van der Waals surface area contributed by atoms with Crippen molar-refractivity contribution in [3.8, 4) is 5.88 Å². The van der Waals surface area contributed by atoms with Crippen LogP contribution in [-0.4, -0.2) is 27.4 Å². The fourth-order valence-corrected chi connectivity index (χ4v) is 1.98. The number of hydrogen-bond donors (Lipinski definition) is 0. The summed E-state index contributed by atoms with van der Waals surface area (Å²) in [4.78, 5) is 4.15. The molecule has 0 atom stereocenters. The Balaban J connectivity index is 2.43. The van der Waals surface area contributed by atoms with Crippen LogP contribution in [0.3, 0.4) is 0 Å². The number of halogens is 4. The lowest BCUT2D eigenvalue weighted by atomic mass is 10.1. The Labute approximate surface area is 115 Å². The molecule has 0 amide bonds. The lowest BCUT2D eigenvalue weighted by molar-refractivity contribution is -0.154. The summed E-state index contributed by atoms with van der Waals surface area (Å²) in [5.74, 6) is 0.185. The maximum Gasteiger partial charge on any atom is 0.422 e. The predicted molar refractivity (Wildman–Crippen MR) is 66.3 cm³/mol. The molecule has 0 unspecified atom stereocenters. The molecule has 19 heavy (non-hydrogen) atoms. The van der Waals surface area contributed by atoms with Gasteiger partial charge in [0.15, 0.2) is 12.3 Å². The molecule has 0 aromatic carbocycles. The van der Waals surface area contributed by atoms with Crippen LogP contribution in [0.1, 0.15) is 25.3 Å². The molecule has 0 aliphatic heterocycles. The van der Waals surface area contributed by atoms with Gasteiger partial charge in [0.05, 0.1) is 0 Å². The molecule has 0 saturated heterocycles. The number of ether oxygens (including phenoxy) is 1. The van der Waals surface area contributed by atoms with Gasteiger partial charge in [-0.3, -0.25) is 0 Å². The number of nitrogens with zero attached hydrogens (tertiary/aromatic N) is 3. The van der Waals surface area contributed by atoms with E-state index >= 15 is 0 Å². The SMILES string of the molecule is CC(C)c1ccc(OCC(F)(F)F)n2nc(Br)nc12. The van der Waals surface area contributed by atoms with Crippen LogP contribution in [0.4, 0.5) is 13.2 Å². The Morgan fingerprint density at radius 3 is 2.63 bits per heavy atom. The summed E-state index contributed by atoms with van der Waals surface area (Å²) in [7, 11) is 0. The molecular formula is C11H11BrF3N3O. The lowest BCUT2D eigenvalue weighted by Gasteiger charge is -2.12. The molecule has 0 fully saturated rings. The molecule has 0 saturated carbocycles. The Hall–Kier alpha value is -1.31. The minimum atomic E-state index is -4.39. The topological polar surface area (TPSA) is 39.4 Å². The van der Waals surface area contributed by atoms with Gasteiger partial charge in [0.25, 0.3) is 0 Å². The third kappa shape index (κ3) is 3.17. The Bertz CT molecular complexity index is 595. The highest BCUT2D eigenvalue weighted by molar-refractivity contribution is 9.10. The fourth-order valence-electron chi connectivity index (χ4n) is 1.65. The van der Waals surface area contributed by atoms with Crippen LogP contribution < -0.4 is 4.74 Å². The molecule has 104 valence electrons. The van der Waals surface area contributed by atoms with Crippen molar-refractivity contribution in [1.82, 2.24) is 14.6 Å². The van der Waals surface area contributed by atoms with Crippen LogP contribution in [0, 0.1) is 0 Å². The van der Waals surface area contributed by atoms with Gasteiger partial charge in [-0.05, 0) is 33.5 Å². The van der Waals surface area contributed by atoms with Gasteiger partial charge in [-0.15, -0.1) is 5.10 Å². The molecule has 2 aromatic rings. The van der Waals surface area contributed by atoms with Gasteiger partial charge in [-0.25, -0.2) is 4.98 Å². The number of pyridine rings is 1. The van der Waals surface area contributed by atoms with Crippen LogP contribution in [0.25, 0.3) is 5.65 Å². The van der Waals surface area contributed by atoms with Crippen LogP contribution in [-0.2, 0) is 0 Å². The van der Waals surface area contributed by atoms with Crippen LogP contribution in [0.5, 0.6) is 5.88 Å². The number of aromatic nitrogens is 3. The van der Waals surface area contributed by atoms with Gasteiger partial charge >= 0.3 is 6.18 Å². The van der Waals surface area contributed by atoms with Crippen molar-refractivity contribution in [2.24, 2.45) is 0 Å². The van der Waals surface area contributed by atoms with Crippen LogP contribution in [0.2, 0.25) is 0 Å².